The fraction of sp³-hybridized carbons (Fsp3) is 0.947. The van der Waals surface area contributed by atoms with Crippen LogP contribution in [0.1, 0.15) is 40.5 Å². The minimum absolute atomic E-state index is 0.417. The van der Waals surface area contributed by atoms with Crippen LogP contribution in [-0.2, 0) is 14.8 Å². The van der Waals surface area contributed by atoms with Gasteiger partial charge < -0.3 is 15.4 Å². The van der Waals surface area contributed by atoms with E-state index in [1.807, 2.05) is 13.8 Å². The molecule has 1 heterocycles. The molecule has 1 rings (SSSR count). The van der Waals surface area contributed by atoms with E-state index in [0.717, 1.165) is 58.2 Å². The topological polar surface area (TPSA) is 86.3 Å². The number of nitrogens with zero attached hydrogens (tertiary/aromatic N) is 3. The average molecular weight is 420 g/mol. The summed E-state index contributed by atoms with van der Waals surface area (Å²) in [6, 6.07) is 0.417. The Labute approximate surface area is 172 Å². The van der Waals surface area contributed by atoms with Crippen LogP contribution < -0.4 is 10.6 Å². The van der Waals surface area contributed by atoms with E-state index in [4.69, 9.17) is 9.73 Å². The second-order valence-electron chi connectivity index (χ2n) is 7.69. The average Bonchev–Trinajstić information content (AvgIpc) is 2.64. The zero-order valence-electron chi connectivity index (χ0n) is 18.4. The number of aliphatic imine (C=N–C) groups is 1. The number of morpholine rings is 1. The highest BCUT2D eigenvalue weighted by molar-refractivity contribution is 7.88. The van der Waals surface area contributed by atoms with Gasteiger partial charge in [0.1, 0.15) is 0 Å². The Hall–Kier alpha value is -0.900. The molecule has 0 aromatic heterocycles. The molecule has 28 heavy (non-hydrogen) atoms. The molecule has 0 aromatic carbocycles. The molecular formula is C19H41N5O3S. The summed E-state index contributed by atoms with van der Waals surface area (Å²) in [7, 11) is -3.13. The van der Waals surface area contributed by atoms with Crippen LogP contribution in [0.2, 0.25) is 0 Å². The van der Waals surface area contributed by atoms with E-state index in [1.54, 1.807) is 0 Å². The summed E-state index contributed by atoms with van der Waals surface area (Å²) in [6.45, 7) is 15.2. The largest absolute Gasteiger partial charge is 0.379 e. The molecule has 0 spiro atoms. The first-order valence-electron chi connectivity index (χ1n) is 10.6. The van der Waals surface area contributed by atoms with E-state index in [0.29, 0.717) is 31.6 Å². The van der Waals surface area contributed by atoms with Crippen molar-refractivity contribution in [2.75, 3.05) is 65.3 Å². The van der Waals surface area contributed by atoms with Gasteiger partial charge in [0.25, 0.3) is 0 Å². The van der Waals surface area contributed by atoms with Crippen LogP contribution in [0.15, 0.2) is 4.99 Å². The van der Waals surface area contributed by atoms with E-state index >= 15 is 0 Å². The Bertz CT molecular complexity index is 548. The van der Waals surface area contributed by atoms with Gasteiger partial charge in [-0.05, 0) is 25.7 Å². The molecule has 0 radical (unpaired) electrons. The second kappa shape index (κ2) is 13.3. The fourth-order valence-corrected chi connectivity index (χ4v) is 4.31. The minimum atomic E-state index is -3.13. The predicted octanol–water partition coefficient (Wildman–Crippen LogP) is 0.960. The van der Waals surface area contributed by atoms with Crippen LogP contribution in [0.3, 0.4) is 0 Å². The zero-order chi connectivity index (χ0) is 21.0. The monoisotopic (exact) mass is 419 g/mol. The van der Waals surface area contributed by atoms with Crippen molar-refractivity contribution in [2.45, 2.75) is 46.6 Å². The van der Waals surface area contributed by atoms with E-state index < -0.39 is 10.0 Å². The van der Waals surface area contributed by atoms with E-state index in [2.05, 4.69) is 29.4 Å². The third-order valence-corrected chi connectivity index (χ3v) is 6.19. The van der Waals surface area contributed by atoms with Crippen molar-refractivity contribution < 1.29 is 13.2 Å². The number of sulfonamides is 1. The summed E-state index contributed by atoms with van der Waals surface area (Å²) in [5.74, 6) is 1.42. The van der Waals surface area contributed by atoms with Crippen molar-refractivity contribution in [3.05, 3.63) is 0 Å². The zero-order valence-corrected chi connectivity index (χ0v) is 19.2. The second-order valence-corrected chi connectivity index (χ2v) is 9.67. The first kappa shape index (κ1) is 25.1. The van der Waals surface area contributed by atoms with Gasteiger partial charge in [-0.25, -0.2) is 12.7 Å². The number of hydrogen-bond acceptors (Lipinski definition) is 5. The minimum Gasteiger partial charge on any atom is -0.379 e. The Morgan fingerprint density at radius 2 is 1.89 bits per heavy atom. The van der Waals surface area contributed by atoms with Gasteiger partial charge in [-0.2, -0.15) is 0 Å². The lowest BCUT2D eigenvalue weighted by Gasteiger charge is -2.34. The number of rotatable bonds is 12. The molecule has 0 aromatic rings. The third-order valence-electron chi connectivity index (χ3n) is 4.81. The molecule has 166 valence electrons. The van der Waals surface area contributed by atoms with Gasteiger partial charge in [-0.15, -0.1) is 0 Å². The molecule has 1 aliphatic rings. The van der Waals surface area contributed by atoms with E-state index in [-0.39, 0.29) is 0 Å². The molecule has 2 N–H and O–H groups in total. The van der Waals surface area contributed by atoms with Crippen LogP contribution in [0.4, 0.5) is 0 Å². The molecule has 0 saturated carbocycles. The molecule has 1 atom stereocenters. The van der Waals surface area contributed by atoms with Gasteiger partial charge in [-0.3, -0.25) is 9.89 Å². The lowest BCUT2D eigenvalue weighted by molar-refractivity contribution is 0.0143. The number of ether oxygens (including phenoxy) is 1. The van der Waals surface area contributed by atoms with Gasteiger partial charge in [0, 0.05) is 45.3 Å². The SMILES string of the molecule is CCNC(=NCC(CC(C)C)N1CCOCC1)NCCCN(CC)S(C)(=O)=O. The number of guanidine groups is 1. The summed E-state index contributed by atoms with van der Waals surface area (Å²) in [6.07, 6.45) is 3.11. The highest BCUT2D eigenvalue weighted by Gasteiger charge is 2.21. The van der Waals surface area contributed by atoms with Gasteiger partial charge in [0.05, 0.1) is 26.0 Å². The predicted molar refractivity (Wildman–Crippen MR) is 116 cm³/mol. The van der Waals surface area contributed by atoms with Crippen molar-refractivity contribution in [2.24, 2.45) is 10.9 Å². The standard InChI is InChI=1S/C19H41N5O3S/c1-6-20-19(21-9-8-10-24(7-2)28(5,25)26)22-16-18(15-17(3)4)23-11-13-27-14-12-23/h17-18H,6-16H2,1-5H3,(H2,20,21,22). The Kier molecular flexibility index (Phi) is 12.0. The quantitative estimate of drug-likeness (QED) is 0.278. The maximum absolute atomic E-state index is 11.7. The number of hydrogen-bond donors (Lipinski definition) is 2. The number of nitrogens with one attached hydrogen (secondary N) is 2. The highest BCUT2D eigenvalue weighted by Crippen LogP contribution is 2.14. The Morgan fingerprint density at radius 1 is 1.21 bits per heavy atom. The summed E-state index contributed by atoms with van der Waals surface area (Å²) >= 11 is 0. The smallest absolute Gasteiger partial charge is 0.211 e. The Morgan fingerprint density at radius 3 is 2.43 bits per heavy atom. The van der Waals surface area contributed by atoms with Crippen LogP contribution in [0.5, 0.6) is 0 Å². The normalized spacial score (nSPS) is 17.9. The van der Waals surface area contributed by atoms with Crippen LogP contribution in [0, 0.1) is 5.92 Å². The molecule has 9 heteroatoms. The van der Waals surface area contributed by atoms with Crippen molar-refractivity contribution in [1.82, 2.24) is 19.8 Å². The molecule has 1 saturated heterocycles. The first-order chi connectivity index (χ1) is 13.3. The van der Waals surface area contributed by atoms with Crippen LogP contribution in [-0.4, -0.2) is 94.9 Å². The fourth-order valence-electron chi connectivity index (χ4n) is 3.38. The molecular weight excluding hydrogens is 378 g/mol. The van der Waals surface area contributed by atoms with Crippen molar-refractivity contribution >= 4 is 16.0 Å². The van der Waals surface area contributed by atoms with Gasteiger partial charge in [-0.1, -0.05) is 20.8 Å². The maximum atomic E-state index is 11.7. The molecule has 0 amide bonds. The van der Waals surface area contributed by atoms with Crippen molar-refractivity contribution in [1.29, 1.82) is 0 Å². The summed E-state index contributed by atoms with van der Waals surface area (Å²) in [4.78, 5) is 7.30. The van der Waals surface area contributed by atoms with Crippen molar-refractivity contribution in [3.63, 3.8) is 0 Å². The molecule has 1 aliphatic heterocycles. The highest BCUT2D eigenvalue weighted by atomic mass is 32.2. The van der Waals surface area contributed by atoms with Gasteiger partial charge >= 0.3 is 0 Å². The van der Waals surface area contributed by atoms with E-state index in [1.165, 1.54) is 10.6 Å². The molecule has 0 bridgehead atoms. The lowest BCUT2D eigenvalue weighted by Crippen LogP contribution is -2.46. The summed E-state index contributed by atoms with van der Waals surface area (Å²) in [5, 5.41) is 6.63. The molecule has 0 aliphatic carbocycles. The first-order valence-corrected chi connectivity index (χ1v) is 12.4. The van der Waals surface area contributed by atoms with Crippen LogP contribution >= 0.6 is 0 Å². The van der Waals surface area contributed by atoms with Gasteiger partial charge in [0.15, 0.2) is 5.96 Å². The lowest BCUT2D eigenvalue weighted by atomic mass is 10.0. The molecule has 1 fully saturated rings. The van der Waals surface area contributed by atoms with Crippen LogP contribution in [0.25, 0.3) is 0 Å². The van der Waals surface area contributed by atoms with Gasteiger partial charge in [0.2, 0.25) is 10.0 Å². The third kappa shape index (κ3) is 10.0. The van der Waals surface area contributed by atoms with E-state index in [9.17, 15) is 8.42 Å². The molecule has 1 unspecified atom stereocenters. The Balaban J connectivity index is 2.57. The molecule has 8 nitrogen and oxygen atoms in total. The summed E-state index contributed by atoms with van der Waals surface area (Å²) < 4.78 is 30.3. The summed E-state index contributed by atoms with van der Waals surface area (Å²) in [5.41, 5.74) is 0. The van der Waals surface area contributed by atoms with Crippen molar-refractivity contribution in [3.8, 4) is 0 Å². The maximum Gasteiger partial charge on any atom is 0.211 e.